The number of carboxylic acids is 1. The van der Waals surface area contributed by atoms with E-state index in [2.05, 4.69) is 0 Å². The molecule has 0 aliphatic rings. The molecular weight excluding hydrogens is 199 g/mol. The van der Waals surface area contributed by atoms with E-state index in [1.54, 1.807) is 12.1 Å². The first-order valence-corrected chi connectivity index (χ1v) is 3.31. The summed E-state index contributed by atoms with van der Waals surface area (Å²) in [5.74, 6) is -1.59. The molecule has 0 aromatic heterocycles. The van der Waals surface area contributed by atoms with Crippen molar-refractivity contribution in [1.82, 2.24) is 0 Å². The van der Waals surface area contributed by atoms with Crippen LogP contribution in [0.15, 0.2) is 24.3 Å². The van der Waals surface area contributed by atoms with Crippen LogP contribution >= 0.6 is 0 Å². The van der Waals surface area contributed by atoms with Gasteiger partial charge in [-0.1, -0.05) is 18.2 Å². The van der Waals surface area contributed by atoms with E-state index in [0.29, 0.717) is 0 Å². The third kappa shape index (κ3) is 3.38. The van der Waals surface area contributed by atoms with E-state index >= 15 is 0 Å². The Hall–Kier alpha value is 0.0864. The number of hydrogen-bond donors (Lipinski definition) is 3. The van der Waals surface area contributed by atoms with Gasteiger partial charge in [-0.25, -0.2) is 4.79 Å². The Labute approximate surface area is 118 Å². The van der Waals surface area contributed by atoms with E-state index in [0.717, 1.165) is 0 Å². The van der Waals surface area contributed by atoms with Crippen molar-refractivity contribution in [3.63, 3.8) is 0 Å². The van der Waals surface area contributed by atoms with Crippen LogP contribution in [0.3, 0.4) is 0 Å². The molecule has 0 radical (unpaired) electrons. The summed E-state index contributed by atoms with van der Waals surface area (Å²) in [6.07, 6.45) is -1.66. The molecule has 0 saturated heterocycles. The van der Waals surface area contributed by atoms with Gasteiger partial charge < -0.3 is 15.3 Å². The van der Waals surface area contributed by atoms with Gasteiger partial charge >= 0.3 is 57.4 Å². The molecule has 0 saturated carbocycles. The van der Waals surface area contributed by atoms with E-state index in [1.807, 2.05) is 0 Å². The molecule has 13 heavy (non-hydrogen) atoms. The van der Waals surface area contributed by atoms with Crippen LogP contribution in [0, 0.1) is 0 Å². The fourth-order valence-corrected chi connectivity index (χ4v) is 0.852. The van der Waals surface area contributed by atoms with Crippen LogP contribution in [-0.4, -0.2) is 72.7 Å². The zero-order chi connectivity index (χ0) is 9.14. The van der Waals surface area contributed by atoms with Gasteiger partial charge in [0, 0.05) is 5.56 Å². The zero-order valence-corrected chi connectivity index (χ0v) is 6.14. The SMILES string of the molecule is O=C(O)C(O)c1ccccc1O.[KH]. The van der Waals surface area contributed by atoms with Crippen LogP contribution in [0.1, 0.15) is 11.7 Å². The summed E-state index contributed by atoms with van der Waals surface area (Å²) in [6, 6.07) is 5.77. The molecule has 0 aliphatic heterocycles. The second-order valence-corrected chi connectivity index (χ2v) is 2.30. The molecule has 3 N–H and O–H groups in total. The van der Waals surface area contributed by atoms with Crippen molar-refractivity contribution >= 4 is 57.4 Å². The first-order chi connectivity index (χ1) is 5.63. The first-order valence-electron chi connectivity index (χ1n) is 3.31. The Morgan fingerprint density at radius 2 is 1.85 bits per heavy atom. The van der Waals surface area contributed by atoms with Crippen LogP contribution in [-0.2, 0) is 4.79 Å². The predicted molar refractivity (Wildman–Crippen MR) is 47.9 cm³/mol. The summed E-state index contributed by atoms with van der Waals surface area (Å²) >= 11 is 0. The number of phenols is 1. The fourth-order valence-electron chi connectivity index (χ4n) is 0.852. The molecule has 1 atom stereocenters. The molecule has 1 unspecified atom stereocenters. The Balaban J connectivity index is 0.00000144. The Kier molecular flexibility index (Phi) is 5.78. The number of rotatable bonds is 2. The Morgan fingerprint density at radius 3 is 2.31 bits per heavy atom. The number of phenolic OH excluding ortho intramolecular Hbond substituents is 1. The number of carboxylic acid groups (broad SMARTS) is 1. The second-order valence-electron chi connectivity index (χ2n) is 2.30. The maximum absolute atomic E-state index is 10.3. The summed E-state index contributed by atoms with van der Waals surface area (Å²) in [4.78, 5) is 10.3. The minimum absolute atomic E-state index is 0. The van der Waals surface area contributed by atoms with Gasteiger partial charge in [-0.05, 0) is 6.07 Å². The van der Waals surface area contributed by atoms with Gasteiger partial charge in [0.05, 0.1) is 0 Å². The van der Waals surface area contributed by atoms with Gasteiger partial charge in [0.2, 0.25) is 0 Å². The van der Waals surface area contributed by atoms with Gasteiger partial charge in [0.15, 0.2) is 6.10 Å². The number of aromatic hydroxyl groups is 1. The van der Waals surface area contributed by atoms with Gasteiger partial charge in [0.1, 0.15) is 5.75 Å². The van der Waals surface area contributed by atoms with Gasteiger partial charge in [-0.2, -0.15) is 0 Å². The van der Waals surface area contributed by atoms with Crippen molar-refractivity contribution in [2.24, 2.45) is 0 Å². The summed E-state index contributed by atoms with van der Waals surface area (Å²) in [5.41, 5.74) is 0.00463. The average molecular weight is 208 g/mol. The fraction of sp³-hybridized carbons (Fsp3) is 0.125. The molecule has 0 aliphatic carbocycles. The molecule has 1 aromatic rings. The minimum atomic E-state index is -1.66. The number of para-hydroxylation sites is 1. The van der Waals surface area contributed by atoms with Crippen LogP contribution in [0.2, 0.25) is 0 Å². The van der Waals surface area contributed by atoms with Crippen LogP contribution in [0.4, 0.5) is 0 Å². The Morgan fingerprint density at radius 1 is 1.31 bits per heavy atom. The molecular formula is C8H9KO4. The van der Waals surface area contributed by atoms with E-state index in [4.69, 9.17) is 15.3 Å². The van der Waals surface area contributed by atoms with Crippen molar-refractivity contribution in [1.29, 1.82) is 0 Å². The molecule has 66 valence electrons. The maximum atomic E-state index is 10.3. The van der Waals surface area contributed by atoms with Crippen molar-refractivity contribution in [3.8, 4) is 5.75 Å². The van der Waals surface area contributed by atoms with Gasteiger partial charge in [0.25, 0.3) is 0 Å². The zero-order valence-electron chi connectivity index (χ0n) is 6.14. The standard InChI is InChI=1S/C8H8O4.K.H/c9-6-4-2-1-3-5(6)7(10)8(11)12;;/h1-4,7,9-10H,(H,11,12);;. The molecule has 0 amide bonds. The van der Waals surface area contributed by atoms with Crippen LogP contribution in [0.5, 0.6) is 5.75 Å². The topological polar surface area (TPSA) is 77.8 Å². The van der Waals surface area contributed by atoms with Crippen molar-refractivity contribution in [3.05, 3.63) is 29.8 Å². The number of carbonyl (C=O) groups is 1. The third-order valence-electron chi connectivity index (χ3n) is 1.47. The molecule has 0 fully saturated rings. The summed E-state index contributed by atoms with van der Waals surface area (Å²) < 4.78 is 0. The van der Waals surface area contributed by atoms with Crippen LogP contribution < -0.4 is 0 Å². The molecule has 0 spiro atoms. The predicted octanol–water partition coefficient (Wildman–Crippen LogP) is -0.138. The van der Waals surface area contributed by atoms with Crippen molar-refractivity contribution < 1.29 is 20.1 Å². The first kappa shape index (κ1) is 13.1. The molecule has 1 rings (SSSR count). The number of aliphatic carboxylic acids is 1. The molecule has 0 heterocycles. The number of hydrogen-bond acceptors (Lipinski definition) is 3. The van der Waals surface area contributed by atoms with E-state index in [1.165, 1.54) is 12.1 Å². The molecule has 1 aromatic carbocycles. The quantitative estimate of drug-likeness (QED) is 0.591. The number of aliphatic hydroxyl groups excluding tert-OH is 1. The van der Waals surface area contributed by atoms with E-state index in [9.17, 15) is 4.79 Å². The summed E-state index contributed by atoms with van der Waals surface area (Å²) in [6.45, 7) is 0. The van der Waals surface area contributed by atoms with Crippen LogP contribution in [0.25, 0.3) is 0 Å². The molecule has 4 nitrogen and oxygen atoms in total. The molecule has 5 heteroatoms. The van der Waals surface area contributed by atoms with E-state index in [-0.39, 0.29) is 62.7 Å². The number of benzene rings is 1. The summed E-state index contributed by atoms with van der Waals surface area (Å²) in [5, 5.41) is 26.5. The Bertz CT molecular complexity index is 300. The normalized spacial score (nSPS) is 11.5. The van der Waals surface area contributed by atoms with E-state index < -0.39 is 12.1 Å². The second kappa shape index (κ2) is 5.74. The monoisotopic (exact) mass is 208 g/mol. The van der Waals surface area contributed by atoms with Gasteiger partial charge in [-0.3, -0.25) is 0 Å². The molecule has 0 bridgehead atoms. The summed E-state index contributed by atoms with van der Waals surface area (Å²) in [7, 11) is 0. The van der Waals surface area contributed by atoms with Gasteiger partial charge in [-0.15, -0.1) is 0 Å². The van der Waals surface area contributed by atoms with Crippen molar-refractivity contribution in [2.45, 2.75) is 6.10 Å². The number of aliphatic hydroxyl groups is 1. The third-order valence-corrected chi connectivity index (χ3v) is 1.47. The average Bonchev–Trinajstić information content (AvgIpc) is 2.04. The van der Waals surface area contributed by atoms with Crippen molar-refractivity contribution in [2.75, 3.05) is 0 Å².